The molecule has 2 atom stereocenters. The van der Waals surface area contributed by atoms with Crippen LogP contribution in [0, 0.1) is 0 Å². The van der Waals surface area contributed by atoms with Crippen molar-refractivity contribution in [3.63, 3.8) is 0 Å². The van der Waals surface area contributed by atoms with E-state index in [1.54, 1.807) is 74.7 Å². The Kier molecular flexibility index (Phi) is 10.4. The number of anilines is 1. The summed E-state index contributed by atoms with van der Waals surface area (Å²) in [6.45, 7) is 5.02. The minimum Gasteiger partial charge on any atom is -0.497 e. The lowest BCUT2D eigenvalue weighted by atomic mass is 10.1. The number of hydrogen-bond acceptors (Lipinski definition) is 5. The molecular formula is C29H34ClN3O5S. The van der Waals surface area contributed by atoms with Crippen molar-refractivity contribution < 1.29 is 22.7 Å². The highest BCUT2D eigenvalue weighted by atomic mass is 35.5. The van der Waals surface area contributed by atoms with Crippen LogP contribution in [-0.4, -0.2) is 50.9 Å². The van der Waals surface area contributed by atoms with Crippen LogP contribution in [0.3, 0.4) is 0 Å². The van der Waals surface area contributed by atoms with E-state index in [2.05, 4.69) is 5.32 Å². The van der Waals surface area contributed by atoms with Gasteiger partial charge in [0.25, 0.3) is 10.0 Å². The summed E-state index contributed by atoms with van der Waals surface area (Å²) >= 11 is 6.05. The first kappa shape index (κ1) is 30.0. The Hall–Kier alpha value is -3.56. The molecule has 0 saturated carbocycles. The fraction of sp³-hybridized carbons (Fsp3) is 0.310. The van der Waals surface area contributed by atoms with Gasteiger partial charge in [-0.3, -0.25) is 13.9 Å². The van der Waals surface area contributed by atoms with Gasteiger partial charge in [0.2, 0.25) is 11.8 Å². The molecule has 0 saturated heterocycles. The molecule has 2 amide bonds. The van der Waals surface area contributed by atoms with Crippen molar-refractivity contribution in [2.45, 2.75) is 50.7 Å². The highest BCUT2D eigenvalue weighted by Crippen LogP contribution is 2.26. The average Bonchev–Trinajstić information content (AvgIpc) is 2.95. The minimum absolute atomic E-state index is 0.0367. The number of amides is 2. The highest BCUT2D eigenvalue weighted by Gasteiger charge is 2.32. The van der Waals surface area contributed by atoms with Crippen LogP contribution in [-0.2, 0) is 26.2 Å². The fourth-order valence-electron chi connectivity index (χ4n) is 3.87. The SMILES string of the molecule is CC[C@H](C)NC(=O)[C@@H](C)N(Cc1cccc(OC)c1)C(=O)CN(c1ccc(Cl)cc1)S(=O)(=O)c1ccccc1. The smallest absolute Gasteiger partial charge is 0.264 e. The zero-order valence-electron chi connectivity index (χ0n) is 22.5. The van der Waals surface area contributed by atoms with Crippen molar-refractivity contribution in [2.24, 2.45) is 0 Å². The summed E-state index contributed by atoms with van der Waals surface area (Å²) < 4.78 is 33.8. The van der Waals surface area contributed by atoms with Crippen molar-refractivity contribution in [1.82, 2.24) is 10.2 Å². The van der Waals surface area contributed by atoms with E-state index >= 15 is 0 Å². The number of hydrogen-bond donors (Lipinski definition) is 1. The van der Waals surface area contributed by atoms with Crippen molar-refractivity contribution in [3.05, 3.63) is 89.4 Å². The summed E-state index contributed by atoms with van der Waals surface area (Å²) in [6.07, 6.45) is 0.724. The van der Waals surface area contributed by atoms with Crippen molar-refractivity contribution in [3.8, 4) is 5.75 Å². The number of benzene rings is 3. The number of nitrogens with one attached hydrogen (secondary N) is 1. The van der Waals surface area contributed by atoms with E-state index in [1.807, 2.05) is 19.9 Å². The number of rotatable bonds is 12. The van der Waals surface area contributed by atoms with Crippen LogP contribution in [0.4, 0.5) is 5.69 Å². The van der Waals surface area contributed by atoms with Crippen molar-refractivity contribution in [2.75, 3.05) is 18.0 Å². The summed E-state index contributed by atoms with van der Waals surface area (Å²) in [7, 11) is -2.58. The van der Waals surface area contributed by atoms with Gasteiger partial charge in [0.1, 0.15) is 18.3 Å². The Balaban J connectivity index is 2.01. The van der Waals surface area contributed by atoms with Gasteiger partial charge >= 0.3 is 0 Å². The molecule has 10 heteroatoms. The Labute approximate surface area is 235 Å². The Morgan fingerprint density at radius 1 is 0.974 bits per heavy atom. The molecule has 0 unspecified atom stereocenters. The Bertz CT molecular complexity index is 1370. The first-order chi connectivity index (χ1) is 18.6. The molecule has 1 N–H and O–H groups in total. The molecule has 0 heterocycles. The van der Waals surface area contributed by atoms with Gasteiger partial charge in [-0.1, -0.05) is 48.9 Å². The van der Waals surface area contributed by atoms with Gasteiger partial charge in [-0.25, -0.2) is 8.42 Å². The fourth-order valence-corrected chi connectivity index (χ4v) is 5.43. The van der Waals surface area contributed by atoms with Crippen molar-refractivity contribution >= 4 is 39.1 Å². The number of carbonyl (C=O) groups is 2. The predicted molar refractivity (Wildman–Crippen MR) is 153 cm³/mol. The van der Waals surface area contributed by atoms with E-state index in [0.29, 0.717) is 10.8 Å². The van der Waals surface area contributed by atoms with Gasteiger partial charge in [0.05, 0.1) is 17.7 Å². The van der Waals surface area contributed by atoms with Gasteiger partial charge in [-0.15, -0.1) is 0 Å². The minimum atomic E-state index is -4.13. The molecule has 0 aliphatic rings. The van der Waals surface area contributed by atoms with Crippen molar-refractivity contribution in [1.29, 1.82) is 0 Å². The maximum absolute atomic E-state index is 13.9. The van der Waals surface area contributed by atoms with Crippen LogP contribution in [0.1, 0.15) is 32.8 Å². The van der Waals surface area contributed by atoms with E-state index in [1.165, 1.54) is 17.0 Å². The molecule has 0 radical (unpaired) electrons. The van der Waals surface area contributed by atoms with E-state index in [4.69, 9.17) is 16.3 Å². The molecule has 3 aromatic carbocycles. The normalized spacial score (nSPS) is 12.7. The summed E-state index contributed by atoms with van der Waals surface area (Å²) in [4.78, 5) is 28.4. The van der Waals surface area contributed by atoms with Gasteiger partial charge in [0.15, 0.2) is 0 Å². The maximum Gasteiger partial charge on any atom is 0.264 e. The number of nitrogens with zero attached hydrogens (tertiary/aromatic N) is 2. The zero-order chi connectivity index (χ0) is 28.6. The largest absolute Gasteiger partial charge is 0.497 e. The Morgan fingerprint density at radius 3 is 2.26 bits per heavy atom. The third-order valence-corrected chi connectivity index (χ3v) is 8.42. The van der Waals surface area contributed by atoms with Gasteiger partial charge in [-0.2, -0.15) is 0 Å². The third kappa shape index (κ3) is 7.74. The van der Waals surface area contributed by atoms with Crippen LogP contribution in [0.2, 0.25) is 5.02 Å². The molecule has 0 aliphatic heterocycles. The molecule has 0 spiro atoms. The van der Waals surface area contributed by atoms with Crippen LogP contribution >= 0.6 is 11.6 Å². The van der Waals surface area contributed by atoms with Crippen LogP contribution < -0.4 is 14.4 Å². The maximum atomic E-state index is 13.9. The lowest BCUT2D eigenvalue weighted by molar-refractivity contribution is -0.139. The second-order valence-electron chi connectivity index (χ2n) is 9.17. The zero-order valence-corrected chi connectivity index (χ0v) is 24.1. The number of sulfonamides is 1. The lowest BCUT2D eigenvalue weighted by Crippen LogP contribution is -2.52. The van der Waals surface area contributed by atoms with E-state index in [-0.39, 0.29) is 29.1 Å². The average molecular weight is 572 g/mol. The van der Waals surface area contributed by atoms with E-state index in [9.17, 15) is 18.0 Å². The molecule has 3 rings (SSSR count). The Morgan fingerprint density at radius 2 is 1.64 bits per heavy atom. The summed E-state index contributed by atoms with van der Waals surface area (Å²) in [6, 6.07) is 20.3. The monoisotopic (exact) mass is 571 g/mol. The molecule has 39 heavy (non-hydrogen) atoms. The molecule has 8 nitrogen and oxygen atoms in total. The summed E-state index contributed by atoms with van der Waals surface area (Å²) in [5.74, 6) is -0.269. The van der Waals surface area contributed by atoms with Gasteiger partial charge in [-0.05, 0) is 74.4 Å². The van der Waals surface area contributed by atoms with Gasteiger partial charge in [0, 0.05) is 17.6 Å². The standard InChI is InChI=1S/C29H34ClN3O5S/c1-5-21(2)31-29(35)22(3)32(19-23-10-9-11-26(18-23)38-4)28(34)20-33(25-16-14-24(30)15-17-25)39(36,37)27-12-7-6-8-13-27/h6-18,21-22H,5,19-20H2,1-4H3,(H,31,35)/t21-,22+/m0/s1. The molecule has 0 fully saturated rings. The number of ether oxygens (including phenoxy) is 1. The molecular weight excluding hydrogens is 538 g/mol. The highest BCUT2D eigenvalue weighted by molar-refractivity contribution is 7.92. The first-order valence-electron chi connectivity index (χ1n) is 12.6. The summed E-state index contributed by atoms with van der Waals surface area (Å²) in [5.41, 5.74) is 1.00. The quantitative estimate of drug-likeness (QED) is 0.334. The number of methoxy groups -OCH3 is 1. The number of carbonyl (C=O) groups excluding carboxylic acids is 2. The van der Waals surface area contributed by atoms with E-state index < -0.39 is 28.5 Å². The molecule has 0 aliphatic carbocycles. The van der Waals surface area contributed by atoms with Crippen LogP contribution in [0.15, 0.2) is 83.8 Å². The second kappa shape index (κ2) is 13.5. The van der Waals surface area contributed by atoms with E-state index in [0.717, 1.165) is 16.3 Å². The van der Waals surface area contributed by atoms with Crippen LogP contribution in [0.5, 0.6) is 5.75 Å². The second-order valence-corrected chi connectivity index (χ2v) is 11.5. The predicted octanol–water partition coefficient (Wildman–Crippen LogP) is 4.88. The van der Waals surface area contributed by atoms with Crippen LogP contribution in [0.25, 0.3) is 0 Å². The number of halogens is 1. The first-order valence-corrected chi connectivity index (χ1v) is 14.4. The third-order valence-electron chi connectivity index (χ3n) is 6.38. The lowest BCUT2D eigenvalue weighted by Gasteiger charge is -2.32. The topological polar surface area (TPSA) is 96.0 Å². The molecule has 208 valence electrons. The molecule has 0 aromatic heterocycles. The molecule has 0 bridgehead atoms. The molecule has 3 aromatic rings. The van der Waals surface area contributed by atoms with Gasteiger partial charge < -0.3 is 15.0 Å². The summed E-state index contributed by atoms with van der Waals surface area (Å²) in [5, 5.41) is 3.34.